The molecular weight excluding hydrogens is 408 g/mol. The number of piperidine rings is 1. The number of carboxylic acid groups (broad SMARTS) is 1. The predicted octanol–water partition coefficient (Wildman–Crippen LogP) is 5.59. The molecule has 0 atom stereocenters. The summed E-state index contributed by atoms with van der Waals surface area (Å²) in [4.78, 5) is 12.7. The Balaban J connectivity index is 1.91. The molecule has 0 aliphatic carbocycles. The van der Waals surface area contributed by atoms with E-state index in [-0.39, 0.29) is 5.41 Å². The van der Waals surface area contributed by atoms with Crippen LogP contribution in [0.3, 0.4) is 0 Å². The maximum atomic E-state index is 11.2. The van der Waals surface area contributed by atoms with Gasteiger partial charge in [-0.2, -0.15) is 0 Å². The number of aromatic nitrogens is 1. The van der Waals surface area contributed by atoms with Crippen LogP contribution in [0.15, 0.2) is 17.2 Å². The fraction of sp³-hybridized carbons (Fsp3) is 0.583. The van der Waals surface area contributed by atoms with Gasteiger partial charge in [-0.05, 0) is 67.3 Å². The van der Waals surface area contributed by atoms with Crippen LogP contribution in [0.1, 0.15) is 62.4 Å². The van der Waals surface area contributed by atoms with Crippen LogP contribution >= 0.6 is 0 Å². The lowest BCUT2D eigenvalue weighted by molar-refractivity contribution is 0.123. The van der Waals surface area contributed by atoms with Crippen molar-refractivity contribution < 1.29 is 18.9 Å². The summed E-state index contributed by atoms with van der Waals surface area (Å²) in [5.41, 5.74) is 5.07. The van der Waals surface area contributed by atoms with E-state index in [4.69, 9.17) is 14.1 Å². The molecule has 2 aromatic rings. The van der Waals surface area contributed by atoms with Crippen molar-refractivity contribution in [2.24, 2.45) is 5.92 Å². The van der Waals surface area contributed by atoms with Crippen LogP contribution < -0.4 is 0 Å². The molecule has 1 fully saturated rings. The number of rotatable bonds is 7. The minimum atomic E-state index is -1.17. The van der Waals surface area contributed by atoms with Gasteiger partial charge in [-0.25, -0.2) is 4.79 Å². The van der Waals surface area contributed by atoms with Crippen molar-refractivity contribution in [1.82, 2.24) is 10.1 Å². The summed E-state index contributed by atoms with van der Waals surface area (Å²) in [5.74, 6) is 0.514. The highest BCUT2D eigenvalue weighted by atomic mass is 28.3. The molecule has 1 aromatic heterocycles. The van der Waals surface area contributed by atoms with Crippen LogP contribution in [0, 0.1) is 5.92 Å². The topological polar surface area (TPSA) is 75.8 Å². The first-order valence-electron chi connectivity index (χ1n) is 11.3. The zero-order valence-electron chi connectivity index (χ0n) is 19.5. The van der Waals surface area contributed by atoms with E-state index in [0.29, 0.717) is 25.6 Å². The van der Waals surface area contributed by atoms with E-state index in [9.17, 15) is 4.79 Å². The van der Waals surface area contributed by atoms with Gasteiger partial charge in [0.25, 0.3) is 0 Å². The Morgan fingerprint density at radius 2 is 2.06 bits per heavy atom. The first-order valence-corrected chi connectivity index (χ1v) is 14.1. The molecule has 1 amide bonds. The third kappa shape index (κ3) is 5.38. The molecule has 7 heteroatoms. The Hall–Kier alpha value is -2.12. The van der Waals surface area contributed by atoms with Gasteiger partial charge in [0.1, 0.15) is 0 Å². The monoisotopic (exact) mass is 444 g/mol. The zero-order valence-corrected chi connectivity index (χ0v) is 20.7. The fourth-order valence-electron chi connectivity index (χ4n) is 4.52. The first kappa shape index (κ1) is 23.5. The van der Waals surface area contributed by atoms with Crippen molar-refractivity contribution in [1.29, 1.82) is 0 Å². The average molecular weight is 445 g/mol. The molecule has 1 aliphatic rings. The molecule has 31 heavy (non-hydrogen) atoms. The lowest BCUT2D eigenvalue weighted by atomic mass is 9.81. The lowest BCUT2D eigenvalue weighted by Gasteiger charge is -2.29. The highest BCUT2D eigenvalue weighted by molar-refractivity contribution is 6.48. The van der Waals surface area contributed by atoms with Crippen LogP contribution in [0.5, 0.6) is 0 Å². The number of nitrogens with zero attached hydrogens (tertiary/aromatic N) is 2. The van der Waals surface area contributed by atoms with Crippen molar-refractivity contribution >= 4 is 32.2 Å². The van der Waals surface area contributed by atoms with Crippen LogP contribution in [0.2, 0.25) is 13.1 Å². The smallest absolute Gasteiger partial charge is 0.407 e. The van der Waals surface area contributed by atoms with Gasteiger partial charge in [0.05, 0.1) is 17.7 Å². The second-order valence-electron chi connectivity index (χ2n) is 9.90. The molecule has 0 saturated carbocycles. The van der Waals surface area contributed by atoms with Gasteiger partial charge in [-0.3, -0.25) is 0 Å². The van der Waals surface area contributed by atoms with E-state index in [1.54, 1.807) is 0 Å². The van der Waals surface area contributed by atoms with E-state index in [1.807, 2.05) is 6.08 Å². The third-order valence-corrected chi connectivity index (χ3v) is 6.98. The molecule has 0 unspecified atom stereocenters. The van der Waals surface area contributed by atoms with E-state index in [0.717, 1.165) is 59.0 Å². The Morgan fingerprint density at radius 1 is 1.39 bits per heavy atom. The zero-order chi connectivity index (χ0) is 22.8. The Labute approximate surface area is 187 Å². The van der Waals surface area contributed by atoms with Crippen molar-refractivity contribution in [3.05, 3.63) is 35.0 Å². The van der Waals surface area contributed by atoms with Crippen LogP contribution in [0.25, 0.3) is 17.0 Å². The molecule has 1 aromatic carbocycles. The normalized spacial score (nSPS) is 15.7. The lowest BCUT2D eigenvalue weighted by Crippen LogP contribution is -2.37. The van der Waals surface area contributed by atoms with E-state index < -0.39 is 15.1 Å². The third-order valence-electron chi connectivity index (χ3n) is 6.15. The number of likely N-dealkylation sites (tertiary alicyclic amines) is 1. The maximum absolute atomic E-state index is 11.2. The number of aryl methyl sites for hydroxylation is 1. The van der Waals surface area contributed by atoms with Crippen molar-refractivity contribution in [3.8, 4) is 0 Å². The Morgan fingerprint density at radius 3 is 2.61 bits per heavy atom. The summed E-state index contributed by atoms with van der Waals surface area (Å²) >= 11 is 0. The molecule has 1 N–H and O–H groups in total. The van der Waals surface area contributed by atoms with E-state index in [2.05, 4.69) is 51.7 Å². The number of amides is 1. The molecule has 6 nitrogen and oxygen atoms in total. The summed E-state index contributed by atoms with van der Waals surface area (Å²) in [6.07, 6.45) is 4.72. The van der Waals surface area contributed by atoms with E-state index in [1.165, 1.54) is 4.90 Å². The SMILES string of the molecule is C=Cc1cc(CO[SiH](C)C)c2c(CCC3CCN(C(=O)O)CC3)noc2c1C(C)(C)C. The molecule has 1 aliphatic heterocycles. The maximum Gasteiger partial charge on any atom is 0.407 e. The van der Waals surface area contributed by atoms with Crippen LogP contribution in [-0.2, 0) is 22.9 Å². The van der Waals surface area contributed by atoms with Gasteiger partial charge in [-0.1, -0.05) is 38.6 Å². The van der Waals surface area contributed by atoms with Crippen LogP contribution in [0.4, 0.5) is 4.79 Å². The quantitative estimate of drug-likeness (QED) is 0.563. The summed E-state index contributed by atoms with van der Waals surface area (Å²) in [6.45, 7) is 16.7. The second kappa shape index (κ2) is 9.57. The van der Waals surface area contributed by atoms with Gasteiger partial charge < -0.3 is 19.0 Å². The average Bonchev–Trinajstić information content (AvgIpc) is 3.13. The number of carbonyl (C=O) groups is 1. The molecule has 1 saturated heterocycles. The minimum Gasteiger partial charge on any atom is -0.465 e. The molecule has 2 heterocycles. The van der Waals surface area contributed by atoms with Gasteiger partial charge in [0, 0.05) is 18.7 Å². The first-order chi connectivity index (χ1) is 14.6. The predicted molar refractivity (Wildman–Crippen MR) is 127 cm³/mol. The van der Waals surface area contributed by atoms with Gasteiger partial charge in [0.15, 0.2) is 14.6 Å². The Kier molecular flexibility index (Phi) is 7.26. The number of hydrogen-bond acceptors (Lipinski definition) is 4. The molecule has 0 radical (unpaired) electrons. The van der Waals surface area contributed by atoms with Gasteiger partial charge >= 0.3 is 6.09 Å². The highest BCUT2D eigenvalue weighted by Crippen LogP contribution is 2.38. The fourth-order valence-corrected chi connectivity index (χ4v) is 5.03. The molecular formula is C24H36N2O4Si. The Bertz CT molecular complexity index is 937. The summed E-state index contributed by atoms with van der Waals surface area (Å²) in [7, 11) is -1.17. The largest absolute Gasteiger partial charge is 0.465 e. The molecule has 0 spiro atoms. The standard InChI is InChI=1S/C24H36N2O4Si/c1-7-17-14-18(15-29-31(5)6)20-19(25-30-22(20)21(17)24(2,3)4)9-8-16-10-12-26(13-11-16)23(27)28/h7,14,16,31H,1,8-13,15H2,2-6H3,(H,27,28). The second-order valence-corrected chi connectivity index (χ2v) is 12.3. The number of hydrogen-bond donors (Lipinski definition) is 1. The van der Waals surface area contributed by atoms with Crippen molar-refractivity contribution in [3.63, 3.8) is 0 Å². The van der Waals surface area contributed by atoms with E-state index >= 15 is 0 Å². The summed E-state index contributed by atoms with van der Waals surface area (Å²) < 4.78 is 12.0. The number of benzene rings is 1. The van der Waals surface area contributed by atoms with Crippen molar-refractivity contribution in [2.45, 2.75) is 71.6 Å². The summed E-state index contributed by atoms with van der Waals surface area (Å²) in [6, 6.07) is 2.19. The number of fused-ring (bicyclic) bond motifs is 1. The van der Waals surface area contributed by atoms with Gasteiger partial charge in [-0.15, -0.1) is 0 Å². The minimum absolute atomic E-state index is 0.103. The molecule has 0 bridgehead atoms. The highest BCUT2D eigenvalue weighted by Gasteiger charge is 2.28. The van der Waals surface area contributed by atoms with Crippen molar-refractivity contribution in [2.75, 3.05) is 13.1 Å². The van der Waals surface area contributed by atoms with Gasteiger partial charge in [0.2, 0.25) is 0 Å². The molecule has 170 valence electrons. The van der Waals surface area contributed by atoms with Crippen LogP contribution in [-0.4, -0.2) is 43.4 Å². The summed E-state index contributed by atoms with van der Waals surface area (Å²) in [5, 5.41) is 14.8. The molecule has 3 rings (SSSR count).